The summed E-state index contributed by atoms with van der Waals surface area (Å²) in [4.78, 5) is 36.5. The summed E-state index contributed by atoms with van der Waals surface area (Å²) in [5.41, 5.74) is 10.2. The molecule has 8 heteroatoms. The van der Waals surface area contributed by atoms with Crippen molar-refractivity contribution >= 4 is 34.7 Å². The van der Waals surface area contributed by atoms with Gasteiger partial charge >= 0.3 is 0 Å². The Morgan fingerprint density at radius 1 is 1.17 bits per heavy atom. The number of nitrogens with one attached hydrogen (secondary N) is 1. The van der Waals surface area contributed by atoms with Crippen LogP contribution < -0.4 is 20.9 Å². The molecule has 1 aromatic carbocycles. The lowest BCUT2D eigenvalue weighted by Crippen LogP contribution is -2.48. The largest absolute Gasteiger partial charge is 0.353 e. The molecule has 2 amide bonds. The van der Waals surface area contributed by atoms with Gasteiger partial charge in [0, 0.05) is 41.0 Å². The molecule has 2 aliphatic heterocycles. The molecule has 4 heterocycles. The highest BCUT2D eigenvalue weighted by Crippen LogP contribution is 2.45. The number of pyridine rings is 1. The summed E-state index contributed by atoms with van der Waals surface area (Å²) >= 11 is 1.78. The van der Waals surface area contributed by atoms with Crippen molar-refractivity contribution < 1.29 is 9.59 Å². The van der Waals surface area contributed by atoms with Gasteiger partial charge in [0.25, 0.3) is 5.91 Å². The summed E-state index contributed by atoms with van der Waals surface area (Å²) in [7, 11) is 0. The fourth-order valence-electron chi connectivity index (χ4n) is 5.03. The fraction of sp³-hybridized carbons (Fsp3) is 0.370. The standard InChI is InChI=1S/C27H29N5O2S/c28-20(14-17-8-9-17)23-15-18-10-12-32(22-6-2-1-4-19(22)26(18)35-23)27(34)21-5-3-7-24(30-21)31-13-11-29-25(33)16-31/h1-7,15,17,20H,8-14,16,28H2,(H,29,33). The zero-order valence-corrected chi connectivity index (χ0v) is 20.4. The smallest absolute Gasteiger partial charge is 0.276 e. The number of hydrogen-bond acceptors (Lipinski definition) is 6. The van der Waals surface area contributed by atoms with E-state index in [9.17, 15) is 9.59 Å². The second-order valence-corrected chi connectivity index (χ2v) is 10.7. The maximum absolute atomic E-state index is 13.7. The molecule has 1 atom stereocenters. The summed E-state index contributed by atoms with van der Waals surface area (Å²) in [6.07, 6.45) is 4.44. The van der Waals surface area contributed by atoms with Crippen molar-refractivity contribution in [3.05, 3.63) is 64.7 Å². The van der Waals surface area contributed by atoms with Crippen LogP contribution in [0.2, 0.25) is 0 Å². The number of amides is 2. The van der Waals surface area contributed by atoms with Crippen molar-refractivity contribution in [2.24, 2.45) is 11.7 Å². The van der Waals surface area contributed by atoms with Gasteiger partial charge in [-0.25, -0.2) is 4.98 Å². The van der Waals surface area contributed by atoms with Crippen molar-refractivity contribution in [3.63, 3.8) is 0 Å². The number of nitrogens with zero attached hydrogens (tertiary/aromatic N) is 3. The first-order valence-electron chi connectivity index (χ1n) is 12.3. The third-order valence-corrected chi connectivity index (χ3v) is 8.43. The Morgan fingerprint density at radius 3 is 2.86 bits per heavy atom. The molecule has 0 radical (unpaired) electrons. The second kappa shape index (κ2) is 9.09. The number of hydrogen-bond donors (Lipinski definition) is 2. The SMILES string of the molecule is NC(CC1CC1)c1cc2c(s1)-c1ccccc1N(C(=O)c1cccc(N3CCNC(=O)C3)n1)CC2. The number of anilines is 2. The topological polar surface area (TPSA) is 91.6 Å². The molecular formula is C27H29N5O2S. The number of thiophene rings is 1. The molecule has 2 aromatic heterocycles. The number of benzene rings is 1. The van der Waals surface area contributed by atoms with Gasteiger partial charge in [0.05, 0.1) is 12.2 Å². The highest BCUT2D eigenvalue weighted by atomic mass is 32.1. The Hall–Kier alpha value is -3.23. The summed E-state index contributed by atoms with van der Waals surface area (Å²) in [6, 6.07) is 15.9. The van der Waals surface area contributed by atoms with E-state index in [0.29, 0.717) is 31.1 Å². The van der Waals surface area contributed by atoms with Crippen LogP contribution in [0.1, 0.15) is 46.2 Å². The molecule has 1 saturated heterocycles. The summed E-state index contributed by atoms with van der Waals surface area (Å²) in [6.45, 7) is 2.08. The molecule has 35 heavy (non-hydrogen) atoms. The minimum atomic E-state index is -0.124. The fourth-order valence-corrected chi connectivity index (χ4v) is 6.29. The van der Waals surface area contributed by atoms with Gasteiger partial charge in [0.15, 0.2) is 0 Å². The van der Waals surface area contributed by atoms with Crippen LogP contribution in [-0.4, -0.2) is 43.0 Å². The highest BCUT2D eigenvalue weighted by Gasteiger charge is 2.30. The van der Waals surface area contributed by atoms with E-state index < -0.39 is 0 Å². The Balaban J connectivity index is 1.30. The van der Waals surface area contributed by atoms with Crippen LogP contribution in [0, 0.1) is 5.92 Å². The van der Waals surface area contributed by atoms with Gasteiger partial charge in [-0.15, -0.1) is 11.3 Å². The van der Waals surface area contributed by atoms with Crippen LogP contribution in [0.3, 0.4) is 0 Å². The van der Waals surface area contributed by atoms with Gasteiger partial charge in [-0.05, 0) is 48.6 Å². The number of carbonyl (C=O) groups excluding carboxylic acids is 2. The quantitative estimate of drug-likeness (QED) is 0.572. The Bertz CT molecular complexity index is 1280. The first kappa shape index (κ1) is 22.2. The molecule has 0 spiro atoms. The number of para-hydroxylation sites is 1. The molecule has 3 aromatic rings. The average Bonchev–Trinajstić information content (AvgIpc) is 3.62. The van der Waals surface area contributed by atoms with E-state index in [4.69, 9.17) is 5.73 Å². The van der Waals surface area contributed by atoms with Crippen molar-refractivity contribution in [1.82, 2.24) is 10.3 Å². The number of nitrogens with two attached hydrogens (primary N) is 1. The van der Waals surface area contributed by atoms with Crippen LogP contribution in [0.15, 0.2) is 48.5 Å². The molecule has 6 rings (SSSR count). The van der Waals surface area contributed by atoms with E-state index in [1.54, 1.807) is 17.4 Å². The predicted octanol–water partition coefficient (Wildman–Crippen LogP) is 3.75. The maximum atomic E-state index is 13.7. The third-order valence-electron chi connectivity index (χ3n) is 7.08. The molecule has 1 saturated carbocycles. The number of aromatic nitrogens is 1. The zero-order valence-electron chi connectivity index (χ0n) is 19.6. The summed E-state index contributed by atoms with van der Waals surface area (Å²) in [5, 5.41) is 2.83. The summed E-state index contributed by atoms with van der Waals surface area (Å²) < 4.78 is 0. The van der Waals surface area contributed by atoms with Crippen LogP contribution in [0.4, 0.5) is 11.5 Å². The average molecular weight is 488 g/mol. The Morgan fingerprint density at radius 2 is 2.03 bits per heavy atom. The Kier molecular flexibility index (Phi) is 5.78. The molecule has 180 valence electrons. The highest BCUT2D eigenvalue weighted by molar-refractivity contribution is 7.15. The molecule has 3 aliphatic rings. The monoisotopic (exact) mass is 487 g/mol. The van der Waals surface area contributed by atoms with Crippen LogP contribution in [-0.2, 0) is 11.2 Å². The predicted molar refractivity (Wildman–Crippen MR) is 139 cm³/mol. The number of carbonyl (C=O) groups is 2. The molecular weight excluding hydrogens is 458 g/mol. The van der Waals surface area contributed by atoms with E-state index in [1.807, 2.05) is 40.1 Å². The van der Waals surface area contributed by atoms with E-state index in [2.05, 4.69) is 22.4 Å². The summed E-state index contributed by atoms with van der Waals surface area (Å²) in [5.74, 6) is 1.29. The van der Waals surface area contributed by atoms with Crippen molar-refractivity contribution in [3.8, 4) is 10.4 Å². The molecule has 3 N–H and O–H groups in total. The molecule has 2 fully saturated rings. The molecule has 7 nitrogen and oxygen atoms in total. The van der Waals surface area contributed by atoms with Crippen molar-refractivity contribution in [2.45, 2.75) is 31.7 Å². The number of fused-ring (bicyclic) bond motifs is 3. The van der Waals surface area contributed by atoms with Crippen LogP contribution in [0.25, 0.3) is 10.4 Å². The minimum absolute atomic E-state index is 0.0291. The Labute approximate surface area is 208 Å². The molecule has 1 unspecified atom stereocenters. The van der Waals surface area contributed by atoms with Gasteiger partial charge in [0.2, 0.25) is 5.91 Å². The van der Waals surface area contributed by atoms with E-state index in [1.165, 1.54) is 28.2 Å². The van der Waals surface area contributed by atoms with E-state index in [-0.39, 0.29) is 24.4 Å². The maximum Gasteiger partial charge on any atom is 0.276 e. The lowest BCUT2D eigenvalue weighted by atomic mass is 10.1. The van der Waals surface area contributed by atoms with Gasteiger partial charge in [-0.2, -0.15) is 0 Å². The van der Waals surface area contributed by atoms with Gasteiger partial charge < -0.3 is 20.9 Å². The van der Waals surface area contributed by atoms with Crippen molar-refractivity contribution in [2.75, 3.05) is 36.0 Å². The third kappa shape index (κ3) is 4.44. The van der Waals surface area contributed by atoms with Crippen LogP contribution in [0.5, 0.6) is 0 Å². The lowest BCUT2D eigenvalue weighted by molar-refractivity contribution is -0.120. The van der Waals surface area contributed by atoms with Gasteiger partial charge in [-0.1, -0.05) is 37.1 Å². The minimum Gasteiger partial charge on any atom is -0.353 e. The number of piperazine rings is 1. The van der Waals surface area contributed by atoms with Gasteiger partial charge in [-0.3, -0.25) is 9.59 Å². The van der Waals surface area contributed by atoms with Crippen LogP contribution >= 0.6 is 11.3 Å². The van der Waals surface area contributed by atoms with E-state index >= 15 is 0 Å². The van der Waals surface area contributed by atoms with Crippen molar-refractivity contribution in [1.29, 1.82) is 0 Å². The molecule has 1 aliphatic carbocycles. The zero-order chi connectivity index (χ0) is 23.9. The lowest BCUT2D eigenvalue weighted by Gasteiger charge is -2.28. The molecule has 0 bridgehead atoms. The van der Waals surface area contributed by atoms with E-state index in [0.717, 1.165) is 30.0 Å². The first-order chi connectivity index (χ1) is 17.1. The second-order valence-electron chi connectivity index (χ2n) is 9.67. The number of rotatable bonds is 5. The van der Waals surface area contributed by atoms with Gasteiger partial charge in [0.1, 0.15) is 11.5 Å². The first-order valence-corrected chi connectivity index (χ1v) is 13.2. The normalized spacial score (nSPS) is 18.4.